The van der Waals surface area contributed by atoms with Crippen molar-refractivity contribution in [2.75, 3.05) is 24.5 Å². The molecule has 0 atom stereocenters. The van der Waals surface area contributed by atoms with Crippen LogP contribution in [0, 0.1) is 5.92 Å². The summed E-state index contributed by atoms with van der Waals surface area (Å²) in [5.74, 6) is 0.852. The monoisotopic (exact) mass is 373 g/mol. The Bertz CT molecular complexity index is 577. The number of piperidine rings is 1. The van der Waals surface area contributed by atoms with E-state index < -0.39 is 0 Å². The zero-order chi connectivity index (χ0) is 15.9. The molecule has 1 fully saturated rings. The number of pyridine rings is 1. The molecule has 1 aromatic heterocycles. The molecule has 0 saturated carbocycles. The third kappa shape index (κ3) is 5.05. The first-order chi connectivity index (χ1) is 11.3. The van der Waals surface area contributed by atoms with E-state index >= 15 is 0 Å². The van der Waals surface area contributed by atoms with Gasteiger partial charge in [-0.3, -0.25) is 4.98 Å². The fraction of sp³-hybridized carbons (Fsp3) is 0.421. The molecule has 122 valence electrons. The molecule has 0 amide bonds. The van der Waals surface area contributed by atoms with E-state index in [-0.39, 0.29) is 0 Å². The molecule has 23 heavy (non-hydrogen) atoms. The Morgan fingerprint density at radius 1 is 1.04 bits per heavy atom. The number of nitrogens with one attached hydrogen (secondary N) is 1. The molecule has 3 rings (SSSR count). The maximum Gasteiger partial charge on any atom is 0.0397 e. The van der Waals surface area contributed by atoms with E-state index in [9.17, 15) is 0 Å². The first-order valence-corrected chi connectivity index (χ1v) is 9.21. The van der Waals surface area contributed by atoms with Crippen LogP contribution in [0.4, 0.5) is 5.69 Å². The molecule has 0 bridgehead atoms. The molecule has 2 heterocycles. The van der Waals surface area contributed by atoms with Crippen LogP contribution in [0.25, 0.3) is 0 Å². The van der Waals surface area contributed by atoms with E-state index in [1.807, 2.05) is 12.4 Å². The van der Waals surface area contributed by atoms with Crippen LogP contribution < -0.4 is 10.2 Å². The second kappa shape index (κ2) is 8.46. The van der Waals surface area contributed by atoms with Crippen molar-refractivity contribution in [1.82, 2.24) is 10.3 Å². The van der Waals surface area contributed by atoms with E-state index in [4.69, 9.17) is 0 Å². The number of halogens is 1. The molecule has 0 aliphatic carbocycles. The third-order valence-electron chi connectivity index (χ3n) is 4.61. The highest BCUT2D eigenvalue weighted by Crippen LogP contribution is 2.24. The summed E-state index contributed by atoms with van der Waals surface area (Å²) in [6.07, 6.45) is 7.63. The van der Waals surface area contributed by atoms with Crippen molar-refractivity contribution in [3.05, 3.63) is 58.8 Å². The Hall–Kier alpha value is -1.39. The van der Waals surface area contributed by atoms with Gasteiger partial charge in [0, 0.05) is 42.2 Å². The molecule has 1 aliphatic heterocycles. The molecule has 2 aromatic rings. The Morgan fingerprint density at radius 2 is 1.74 bits per heavy atom. The van der Waals surface area contributed by atoms with Crippen LogP contribution in [0.2, 0.25) is 0 Å². The fourth-order valence-corrected chi connectivity index (χ4v) is 3.44. The van der Waals surface area contributed by atoms with Gasteiger partial charge in [-0.15, -0.1) is 0 Å². The van der Waals surface area contributed by atoms with Gasteiger partial charge in [-0.2, -0.15) is 0 Å². The SMILES string of the molecule is Brc1ccc(CNCCC2CCN(c3ccncc3)CC2)cc1. The molecule has 3 nitrogen and oxygen atoms in total. The molecule has 1 aliphatic rings. The maximum atomic E-state index is 4.10. The third-order valence-corrected chi connectivity index (χ3v) is 5.14. The summed E-state index contributed by atoms with van der Waals surface area (Å²) in [4.78, 5) is 6.58. The summed E-state index contributed by atoms with van der Waals surface area (Å²) in [7, 11) is 0. The van der Waals surface area contributed by atoms with Crippen LogP contribution in [-0.2, 0) is 6.54 Å². The van der Waals surface area contributed by atoms with E-state index in [0.29, 0.717) is 0 Å². The van der Waals surface area contributed by atoms with Crippen LogP contribution in [0.3, 0.4) is 0 Å². The van der Waals surface area contributed by atoms with Crippen molar-refractivity contribution in [2.45, 2.75) is 25.8 Å². The summed E-state index contributed by atoms with van der Waals surface area (Å²) in [6.45, 7) is 4.40. The van der Waals surface area contributed by atoms with Gasteiger partial charge < -0.3 is 10.2 Å². The molecule has 1 aromatic carbocycles. The van der Waals surface area contributed by atoms with Gasteiger partial charge in [-0.05, 0) is 61.6 Å². The highest BCUT2D eigenvalue weighted by atomic mass is 79.9. The number of benzene rings is 1. The normalized spacial score (nSPS) is 15.8. The lowest BCUT2D eigenvalue weighted by Gasteiger charge is -2.33. The van der Waals surface area contributed by atoms with Gasteiger partial charge in [0.1, 0.15) is 0 Å². The number of rotatable bonds is 6. The summed E-state index contributed by atoms with van der Waals surface area (Å²) in [6, 6.07) is 12.8. The molecular formula is C19H24BrN3. The minimum Gasteiger partial charge on any atom is -0.371 e. The van der Waals surface area contributed by atoms with E-state index in [2.05, 4.69) is 67.5 Å². The Balaban J connectivity index is 1.34. The van der Waals surface area contributed by atoms with Crippen LogP contribution in [0.1, 0.15) is 24.8 Å². The molecule has 1 saturated heterocycles. The lowest BCUT2D eigenvalue weighted by atomic mass is 9.93. The van der Waals surface area contributed by atoms with E-state index in [1.165, 1.54) is 43.6 Å². The van der Waals surface area contributed by atoms with Crippen LogP contribution in [0.5, 0.6) is 0 Å². The van der Waals surface area contributed by atoms with E-state index in [0.717, 1.165) is 23.5 Å². The number of aromatic nitrogens is 1. The Kier molecular flexibility index (Phi) is 6.06. The van der Waals surface area contributed by atoms with Gasteiger partial charge in [-0.1, -0.05) is 28.1 Å². The zero-order valence-electron chi connectivity index (χ0n) is 13.4. The molecule has 0 spiro atoms. The first kappa shape index (κ1) is 16.5. The molecule has 4 heteroatoms. The van der Waals surface area contributed by atoms with Gasteiger partial charge in [0.25, 0.3) is 0 Å². The lowest BCUT2D eigenvalue weighted by Crippen LogP contribution is -2.34. The fourth-order valence-electron chi connectivity index (χ4n) is 3.18. The predicted molar refractivity (Wildman–Crippen MR) is 99.6 cm³/mol. The quantitative estimate of drug-likeness (QED) is 0.767. The summed E-state index contributed by atoms with van der Waals surface area (Å²) < 4.78 is 1.14. The largest absolute Gasteiger partial charge is 0.371 e. The highest BCUT2D eigenvalue weighted by Gasteiger charge is 2.18. The minimum atomic E-state index is 0.852. The van der Waals surface area contributed by atoms with Crippen LogP contribution in [0.15, 0.2) is 53.3 Å². The lowest BCUT2D eigenvalue weighted by molar-refractivity contribution is 0.373. The van der Waals surface area contributed by atoms with Crippen molar-refractivity contribution in [3.63, 3.8) is 0 Å². The smallest absolute Gasteiger partial charge is 0.0397 e. The van der Waals surface area contributed by atoms with Crippen molar-refractivity contribution in [3.8, 4) is 0 Å². The zero-order valence-corrected chi connectivity index (χ0v) is 15.0. The number of hydrogen-bond donors (Lipinski definition) is 1. The standard InChI is InChI=1S/C19H24BrN3/c20-18-3-1-17(2-4-18)15-22-10-5-16-8-13-23(14-9-16)19-6-11-21-12-7-19/h1-4,6-7,11-12,16,22H,5,8-10,13-15H2. The second-order valence-corrected chi connectivity index (χ2v) is 7.14. The second-order valence-electron chi connectivity index (χ2n) is 6.23. The average molecular weight is 374 g/mol. The van der Waals surface area contributed by atoms with Crippen molar-refractivity contribution in [1.29, 1.82) is 0 Å². The number of hydrogen-bond acceptors (Lipinski definition) is 3. The summed E-state index contributed by atoms with van der Waals surface area (Å²) in [5, 5.41) is 3.57. The molecule has 0 unspecified atom stereocenters. The van der Waals surface area contributed by atoms with Crippen molar-refractivity contribution in [2.24, 2.45) is 5.92 Å². The summed E-state index contributed by atoms with van der Waals surface area (Å²) in [5.41, 5.74) is 2.66. The van der Waals surface area contributed by atoms with Gasteiger partial charge in [-0.25, -0.2) is 0 Å². The molecular weight excluding hydrogens is 350 g/mol. The average Bonchev–Trinajstić information content (AvgIpc) is 2.62. The van der Waals surface area contributed by atoms with Crippen molar-refractivity contribution < 1.29 is 0 Å². The molecule has 0 radical (unpaired) electrons. The summed E-state index contributed by atoms with van der Waals surface area (Å²) >= 11 is 3.47. The van der Waals surface area contributed by atoms with Crippen LogP contribution in [-0.4, -0.2) is 24.6 Å². The number of anilines is 1. The van der Waals surface area contributed by atoms with Gasteiger partial charge >= 0.3 is 0 Å². The highest BCUT2D eigenvalue weighted by molar-refractivity contribution is 9.10. The van der Waals surface area contributed by atoms with Gasteiger partial charge in [0.05, 0.1) is 0 Å². The Morgan fingerprint density at radius 3 is 2.43 bits per heavy atom. The van der Waals surface area contributed by atoms with Gasteiger partial charge in [0.2, 0.25) is 0 Å². The molecule has 1 N–H and O–H groups in total. The van der Waals surface area contributed by atoms with E-state index in [1.54, 1.807) is 0 Å². The number of nitrogens with zero attached hydrogens (tertiary/aromatic N) is 2. The predicted octanol–water partition coefficient (Wildman–Crippen LogP) is 4.24. The topological polar surface area (TPSA) is 28.2 Å². The minimum absolute atomic E-state index is 0.852. The maximum absolute atomic E-state index is 4.10. The first-order valence-electron chi connectivity index (χ1n) is 8.41. The van der Waals surface area contributed by atoms with Gasteiger partial charge in [0.15, 0.2) is 0 Å². The van der Waals surface area contributed by atoms with Crippen LogP contribution >= 0.6 is 15.9 Å². The Labute approximate surface area is 147 Å². The van der Waals surface area contributed by atoms with Crippen molar-refractivity contribution >= 4 is 21.6 Å².